The second-order valence-corrected chi connectivity index (χ2v) is 10.3. The summed E-state index contributed by atoms with van der Waals surface area (Å²) in [7, 11) is -3.46. The summed E-state index contributed by atoms with van der Waals surface area (Å²) in [4.78, 5) is 11.4. The minimum Gasteiger partial charge on any atom is -0.340 e. The lowest BCUT2D eigenvalue weighted by Gasteiger charge is -2.40. The van der Waals surface area contributed by atoms with Gasteiger partial charge in [-0.2, -0.15) is 4.31 Å². The summed E-state index contributed by atoms with van der Waals surface area (Å²) in [6.45, 7) is 7.12. The predicted molar refractivity (Wildman–Crippen MR) is 110 cm³/mol. The van der Waals surface area contributed by atoms with Crippen molar-refractivity contribution in [2.75, 3.05) is 31.1 Å². The van der Waals surface area contributed by atoms with Crippen LogP contribution in [0.3, 0.4) is 0 Å². The van der Waals surface area contributed by atoms with Crippen molar-refractivity contribution in [3.8, 4) is 0 Å². The molecule has 0 saturated carbocycles. The van der Waals surface area contributed by atoms with Crippen LogP contribution in [-0.2, 0) is 10.0 Å². The van der Waals surface area contributed by atoms with Gasteiger partial charge in [0.15, 0.2) is 0 Å². The van der Waals surface area contributed by atoms with Crippen molar-refractivity contribution in [3.05, 3.63) is 48.3 Å². The average molecular weight is 401 g/mol. The molecule has 7 heteroatoms. The van der Waals surface area contributed by atoms with Crippen LogP contribution in [0.4, 0.5) is 5.95 Å². The van der Waals surface area contributed by atoms with E-state index >= 15 is 0 Å². The summed E-state index contributed by atoms with van der Waals surface area (Å²) in [5.74, 6) is 1.13. The quantitative estimate of drug-likeness (QED) is 0.788. The Bertz CT molecular complexity index is 915. The zero-order chi connectivity index (χ0) is 19.8. The van der Waals surface area contributed by atoms with Gasteiger partial charge in [0.2, 0.25) is 16.0 Å². The van der Waals surface area contributed by atoms with Crippen molar-refractivity contribution in [1.29, 1.82) is 0 Å². The van der Waals surface area contributed by atoms with Crippen LogP contribution in [0, 0.1) is 5.41 Å². The second kappa shape index (κ2) is 7.44. The third-order valence-corrected chi connectivity index (χ3v) is 7.94. The normalized spacial score (nSPS) is 23.6. The number of anilines is 1. The molecule has 3 heterocycles. The van der Waals surface area contributed by atoms with E-state index < -0.39 is 10.0 Å². The van der Waals surface area contributed by atoms with Gasteiger partial charge in [0.1, 0.15) is 0 Å². The molecule has 0 unspecified atom stereocenters. The topological polar surface area (TPSA) is 66.4 Å². The summed E-state index contributed by atoms with van der Waals surface area (Å²) in [6, 6.07) is 9.18. The van der Waals surface area contributed by atoms with Gasteiger partial charge in [0, 0.05) is 44.0 Å². The lowest BCUT2D eigenvalue weighted by molar-refractivity contribution is 0.246. The van der Waals surface area contributed by atoms with E-state index in [0.29, 0.717) is 23.9 Å². The number of aromatic nitrogens is 2. The Kier molecular flexibility index (Phi) is 5.14. The van der Waals surface area contributed by atoms with E-state index in [4.69, 9.17) is 0 Å². The van der Waals surface area contributed by atoms with Crippen LogP contribution in [0.25, 0.3) is 0 Å². The average Bonchev–Trinajstić information content (AvgIpc) is 3.12. The Morgan fingerprint density at radius 3 is 2.39 bits per heavy atom. The Labute approximate surface area is 167 Å². The molecule has 0 N–H and O–H groups in total. The number of nitrogens with zero attached hydrogens (tertiary/aromatic N) is 4. The van der Waals surface area contributed by atoms with Crippen LogP contribution in [0.5, 0.6) is 0 Å². The molecule has 0 aliphatic carbocycles. The van der Waals surface area contributed by atoms with E-state index in [9.17, 15) is 8.42 Å². The monoisotopic (exact) mass is 400 g/mol. The fourth-order valence-corrected chi connectivity index (χ4v) is 5.99. The van der Waals surface area contributed by atoms with Crippen LogP contribution in [0.15, 0.2) is 47.6 Å². The predicted octanol–water partition coefficient (Wildman–Crippen LogP) is 3.28. The van der Waals surface area contributed by atoms with Crippen molar-refractivity contribution in [1.82, 2.24) is 14.3 Å². The van der Waals surface area contributed by atoms with Crippen molar-refractivity contribution in [2.24, 2.45) is 5.41 Å². The molecule has 1 spiro atoms. The summed E-state index contributed by atoms with van der Waals surface area (Å²) in [5.41, 5.74) is 1.14. The zero-order valence-corrected chi connectivity index (χ0v) is 17.4. The SMILES string of the molecule is CC(C)c1ccc(S(=O)(=O)N2CC[C@@]3(CCCN(c4ncccn4)C3)C2)cc1. The molecular weight excluding hydrogens is 372 g/mol. The van der Waals surface area contributed by atoms with Gasteiger partial charge in [-0.3, -0.25) is 0 Å². The lowest BCUT2D eigenvalue weighted by atomic mass is 9.79. The highest BCUT2D eigenvalue weighted by Gasteiger charge is 2.45. The smallest absolute Gasteiger partial charge is 0.243 e. The van der Waals surface area contributed by atoms with Gasteiger partial charge in [-0.15, -0.1) is 0 Å². The molecule has 2 aliphatic heterocycles. The minimum absolute atomic E-state index is 0.0115. The fraction of sp³-hybridized carbons (Fsp3) is 0.524. The van der Waals surface area contributed by atoms with E-state index in [-0.39, 0.29) is 5.41 Å². The molecule has 2 aliphatic rings. The molecule has 150 valence electrons. The Hall–Kier alpha value is -1.99. The van der Waals surface area contributed by atoms with Crippen molar-refractivity contribution in [2.45, 2.75) is 43.9 Å². The number of hydrogen-bond acceptors (Lipinski definition) is 5. The van der Waals surface area contributed by atoms with Crippen molar-refractivity contribution < 1.29 is 8.42 Å². The van der Waals surface area contributed by atoms with E-state index in [0.717, 1.165) is 43.9 Å². The van der Waals surface area contributed by atoms with Gasteiger partial charge in [0.05, 0.1) is 4.90 Å². The maximum atomic E-state index is 13.2. The molecule has 1 aromatic heterocycles. The van der Waals surface area contributed by atoms with Crippen molar-refractivity contribution in [3.63, 3.8) is 0 Å². The second-order valence-electron chi connectivity index (χ2n) is 8.39. The van der Waals surface area contributed by atoms with E-state index in [1.54, 1.807) is 28.8 Å². The molecule has 2 aromatic rings. The van der Waals surface area contributed by atoms with Gasteiger partial charge in [-0.05, 0) is 48.9 Å². The maximum Gasteiger partial charge on any atom is 0.243 e. The Balaban J connectivity index is 1.51. The first-order valence-electron chi connectivity index (χ1n) is 10.0. The standard InChI is InChI=1S/C21H28N4O2S/c1-17(2)18-5-7-19(8-6-18)28(26,27)25-14-10-21(16-25)9-3-13-24(15-21)20-22-11-4-12-23-20/h4-8,11-12,17H,3,9-10,13-16H2,1-2H3/t21-/m1/s1. The largest absolute Gasteiger partial charge is 0.340 e. The first kappa shape index (κ1) is 19.3. The van der Waals surface area contributed by atoms with Crippen molar-refractivity contribution >= 4 is 16.0 Å². The fourth-order valence-electron chi connectivity index (χ4n) is 4.44. The summed E-state index contributed by atoms with van der Waals surface area (Å²) in [5, 5.41) is 0. The molecule has 0 radical (unpaired) electrons. The molecule has 4 rings (SSSR count). The van der Waals surface area contributed by atoms with Crippen LogP contribution in [-0.4, -0.2) is 48.9 Å². The Morgan fingerprint density at radius 1 is 1.00 bits per heavy atom. The van der Waals surface area contributed by atoms with E-state index in [1.165, 1.54) is 0 Å². The lowest BCUT2D eigenvalue weighted by Crippen LogP contribution is -2.46. The van der Waals surface area contributed by atoms with Crippen LogP contribution in [0.2, 0.25) is 0 Å². The van der Waals surface area contributed by atoms with Gasteiger partial charge < -0.3 is 4.90 Å². The molecule has 6 nitrogen and oxygen atoms in total. The van der Waals surface area contributed by atoms with Crippen LogP contribution < -0.4 is 4.90 Å². The first-order valence-corrected chi connectivity index (χ1v) is 11.5. The summed E-state index contributed by atoms with van der Waals surface area (Å²) < 4.78 is 28.0. The maximum absolute atomic E-state index is 13.2. The van der Waals surface area contributed by atoms with Gasteiger partial charge in [-0.25, -0.2) is 18.4 Å². The number of rotatable bonds is 4. The molecule has 0 bridgehead atoms. The zero-order valence-electron chi connectivity index (χ0n) is 16.6. The third kappa shape index (κ3) is 3.65. The van der Waals surface area contributed by atoms with E-state index in [1.807, 2.05) is 18.2 Å². The van der Waals surface area contributed by atoms with Gasteiger partial charge in [-0.1, -0.05) is 26.0 Å². The van der Waals surface area contributed by atoms with Gasteiger partial charge in [0.25, 0.3) is 0 Å². The Morgan fingerprint density at radius 2 is 1.71 bits per heavy atom. The molecule has 1 atom stereocenters. The minimum atomic E-state index is -3.46. The first-order chi connectivity index (χ1) is 13.4. The highest BCUT2D eigenvalue weighted by Crippen LogP contribution is 2.41. The van der Waals surface area contributed by atoms with E-state index in [2.05, 4.69) is 28.7 Å². The number of hydrogen-bond donors (Lipinski definition) is 0. The number of sulfonamides is 1. The summed E-state index contributed by atoms with van der Waals surface area (Å²) in [6.07, 6.45) is 6.50. The molecule has 1 aromatic carbocycles. The molecular formula is C21H28N4O2S. The molecule has 28 heavy (non-hydrogen) atoms. The summed E-state index contributed by atoms with van der Waals surface area (Å²) >= 11 is 0. The third-order valence-electron chi connectivity index (χ3n) is 6.08. The van der Waals surface area contributed by atoms with Crippen LogP contribution >= 0.6 is 0 Å². The molecule has 2 fully saturated rings. The molecule has 0 amide bonds. The number of benzene rings is 1. The van der Waals surface area contributed by atoms with Gasteiger partial charge >= 0.3 is 0 Å². The number of piperidine rings is 1. The van der Waals surface area contributed by atoms with Crippen LogP contribution in [0.1, 0.15) is 44.6 Å². The highest BCUT2D eigenvalue weighted by molar-refractivity contribution is 7.89. The highest BCUT2D eigenvalue weighted by atomic mass is 32.2. The molecule has 2 saturated heterocycles.